The van der Waals surface area contributed by atoms with Gasteiger partial charge in [0.15, 0.2) is 0 Å². The number of nitrogens with zero attached hydrogens (tertiary/aromatic N) is 4. The molecule has 3 aromatic carbocycles. The SMILES string of the molecule is N#Cc1cc([N+](=O)[O-])ccc1Nc1c([N+](=O)[O-])cc([N+](=O)[O-])c2ccccc12. The van der Waals surface area contributed by atoms with E-state index in [1.54, 1.807) is 18.2 Å². The summed E-state index contributed by atoms with van der Waals surface area (Å²) in [6.45, 7) is 0. The van der Waals surface area contributed by atoms with Gasteiger partial charge in [-0.05, 0) is 12.1 Å². The zero-order valence-corrected chi connectivity index (χ0v) is 13.9. The number of non-ortho nitro benzene ring substituents is 2. The minimum absolute atomic E-state index is 0.0587. The predicted octanol–water partition coefficient (Wildman–Crippen LogP) is 4.18. The molecule has 0 atom stereocenters. The normalized spacial score (nSPS) is 10.2. The maximum absolute atomic E-state index is 11.5. The van der Waals surface area contributed by atoms with Crippen molar-refractivity contribution >= 4 is 39.2 Å². The van der Waals surface area contributed by atoms with E-state index in [2.05, 4.69) is 5.32 Å². The van der Waals surface area contributed by atoms with Crippen molar-refractivity contribution in [1.29, 1.82) is 5.26 Å². The Morgan fingerprint density at radius 3 is 2.04 bits per heavy atom. The quantitative estimate of drug-likeness (QED) is 0.509. The van der Waals surface area contributed by atoms with E-state index in [1.165, 1.54) is 18.2 Å². The van der Waals surface area contributed by atoms with Crippen LogP contribution in [0, 0.1) is 41.7 Å². The first-order chi connectivity index (χ1) is 13.3. The lowest BCUT2D eigenvalue weighted by Crippen LogP contribution is -2.02. The summed E-state index contributed by atoms with van der Waals surface area (Å²) in [6, 6.07) is 12.1. The number of hydrogen-bond donors (Lipinski definition) is 1. The Balaban J connectivity index is 2.27. The van der Waals surface area contributed by atoms with E-state index in [0.717, 1.165) is 18.2 Å². The first-order valence-corrected chi connectivity index (χ1v) is 7.63. The molecule has 3 aromatic rings. The predicted molar refractivity (Wildman–Crippen MR) is 98.4 cm³/mol. The third-order valence-corrected chi connectivity index (χ3v) is 3.99. The average molecular weight is 379 g/mol. The van der Waals surface area contributed by atoms with E-state index >= 15 is 0 Å². The molecule has 11 heteroatoms. The molecule has 11 nitrogen and oxygen atoms in total. The topological polar surface area (TPSA) is 165 Å². The van der Waals surface area contributed by atoms with Crippen LogP contribution in [0.5, 0.6) is 0 Å². The van der Waals surface area contributed by atoms with E-state index < -0.39 is 26.1 Å². The molecule has 0 saturated heterocycles. The lowest BCUT2D eigenvalue weighted by Gasteiger charge is -2.12. The molecule has 3 rings (SSSR count). The van der Waals surface area contributed by atoms with Gasteiger partial charge in [0.1, 0.15) is 11.8 Å². The van der Waals surface area contributed by atoms with Gasteiger partial charge in [-0.3, -0.25) is 30.3 Å². The van der Waals surface area contributed by atoms with Crippen molar-refractivity contribution in [3.05, 3.63) is 84.4 Å². The monoisotopic (exact) mass is 379 g/mol. The van der Waals surface area contributed by atoms with Crippen LogP contribution < -0.4 is 5.32 Å². The summed E-state index contributed by atoms with van der Waals surface area (Å²) in [5, 5.41) is 46.1. The van der Waals surface area contributed by atoms with Crippen molar-refractivity contribution in [3.8, 4) is 6.07 Å². The lowest BCUT2D eigenvalue weighted by molar-refractivity contribution is -0.392. The van der Waals surface area contributed by atoms with Gasteiger partial charge in [-0.1, -0.05) is 18.2 Å². The number of anilines is 2. The molecule has 0 saturated carbocycles. The Morgan fingerprint density at radius 1 is 0.821 bits per heavy atom. The Morgan fingerprint density at radius 2 is 1.46 bits per heavy atom. The number of nitro benzene ring substituents is 3. The Bertz CT molecular complexity index is 1200. The fourth-order valence-electron chi connectivity index (χ4n) is 2.75. The molecule has 0 aliphatic carbocycles. The fourth-order valence-corrected chi connectivity index (χ4v) is 2.75. The molecule has 0 bridgehead atoms. The van der Waals surface area contributed by atoms with Crippen molar-refractivity contribution in [2.24, 2.45) is 0 Å². The number of nitro groups is 3. The molecule has 28 heavy (non-hydrogen) atoms. The Kier molecular flexibility index (Phi) is 4.53. The van der Waals surface area contributed by atoms with Crippen molar-refractivity contribution in [3.63, 3.8) is 0 Å². The van der Waals surface area contributed by atoms with Crippen molar-refractivity contribution in [2.45, 2.75) is 0 Å². The van der Waals surface area contributed by atoms with E-state index in [-0.39, 0.29) is 33.4 Å². The van der Waals surface area contributed by atoms with Crippen LogP contribution >= 0.6 is 0 Å². The number of benzene rings is 3. The summed E-state index contributed by atoms with van der Waals surface area (Å²) in [5.41, 5.74) is -1.38. The van der Waals surface area contributed by atoms with Crippen molar-refractivity contribution < 1.29 is 14.8 Å². The molecule has 138 valence electrons. The number of nitrogens with one attached hydrogen (secondary N) is 1. The van der Waals surface area contributed by atoms with Crippen LogP contribution in [-0.4, -0.2) is 14.8 Å². The molecule has 0 amide bonds. The number of rotatable bonds is 5. The van der Waals surface area contributed by atoms with Gasteiger partial charge in [0, 0.05) is 17.5 Å². The second kappa shape index (κ2) is 6.96. The maximum atomic E-state index is 11.5. The van der Waals surface area contributed by atoms with Crippen LogP contribution in [0.2, 0.25) is 0 Å². The first kappa shape index (κ1) is 18.2. The van der Waals surface area contributed by atoms with Gasteiger partial charge in [0.2, 0.25) is 0 Å². The summed E-state index contributed by atoms with van der Waals surface area (Å²) in [5.74, 6) is 0. The molecule has 0 aromatic heterocycles. The summed E-state index contributed by atoms with van der Waals surface area (Å²) >= 11 is 0. The average Bonchev–Trinajstić information content (AvgIpc) is 2.67. The summed E-state index contributed by atoms with van der Waals surface area (Å²) in [6.07, 6.45) is 0. The van der Waals surface area contributed by atoms with Crippen molar-refractivity contribution in [1.82, 2.24) is 0 Å². The third-order valence-electron chi connectivity index (χ3n) is 3.99. The highest BCUT2D eigenvalue weighted by molar-refractivity contribution is 6.05. The zero-order chi connectivity index (χ0) is 20.4. The molecule has 0 unspecified atom stereocenters. The minimum Gasteiger partial charge on any atom is -0.348 e. The van der Waals surface area contributed by atoms with Crippen LogP contribution in [0.4, 0.5) is 28.4 Å². The van der Waals surface area contributed by atoms with Crippen LogP contribution in [0.25, 0.3) is 10.8 Å². The van der Waals surface area contributed by atoms with Crippen molar-refractivity contribution in [2.75, 3.05) is 5.32 Å². The second-order valence-corrected chi connectivity index (χ2v) is 5.57. The summed E-state index contributed by atoms with van der Waals surface area (Å²) in [4.78, 5) is 31.5. The van der Waals surface area contributed by atoms with E-state index in [0.29, 0.717) is 0 Å². The van der Waals surface area contributed by atoms with Gasteiger partial charge in [0.05, 0.1) is 37.5 Å². The van der Waals surface area contributed by atoms with E-state index in [9.17, 15) is 35.6 Å². The molecule has 0 fully saturated rings. The molecule has 0 heterocycles. The molecule has 0 aliphatic heterocycles. The van der Waals surface area contributed by atoms with Crippen LogP contribution in [-0.2, 0) is 0 Å². The number of hydrogen-bond acceptors (Lipinski definition) is 8. The van der Waals surface area contributed by atoms with Crippen LogP contribution in [0.15, 0.2) is 48.5 Å². The maximum Gasteiger partial charge on any atom is 0.300 e. The van der Waals surface area contributed by atoms with Gasteiger partial charge in [-0.15, -0.1) is 0 Å². The second-order valence-electron chi connectivity index (χ2n) is 5.57. The Hall–Kier alpha value is -4.59. The molecule has 1 N–H and O–H groups in total. The van der Waals surface area contributed by atoms with Gasteiger partial charge in [-0.25, -0.2) is 0 Å². The zero-order valence-electron chi connectivity index (χ0n) is 13.9. The minimum atomic E-state index is -0.779. The smallest absolute Gasteiger partial charge is 0.300 e. The molecule has 0 spiro atoms. The van der Waals surface area contributed by atoms with E-state index in [4.69, 9.17) is 0 Å². The van der Waals surface area contributed by atoms with E-state index in [1.807, 2.05) is 0 Å². The van der Waals surface area contributed by atoms with Crippen LogP contribution in [0.3, 0.4) is 0 Å². The highest BCUT2D eigenvalue weighted by Crippen LogP contribution is 2.41. The highest BCUT2D eigenvalue weighted by Gasteiger charge is 2.26. The standard InChI is InChI=1S/C17H9N5O6/c18-9-10-7-11(20(23)24)5-6-14(10)19-17-13-4-2-1-3-12(13)15(21(25)26)8-16(17)22(27)28/h1-8,19H. The first-order valence-electron chi connectivity index (χ1n) is 7.63. The molecule has 0 aliphatic rings. The number of fused-ring (bicyclic) bond motifs is 1. The lowest BCUT2D eigenvalue weighted by atomic mass is 10.0. The van der Waals surface area contributed by atoms with Gasteiger partial charge >= 0.3 is 0 Å². The molecular formula is C17H9N5O6. The summed E-state index contributed by atoms with van der Waals surface area (Å²) in [7, 11) is 0. The van der Waals surface area contributed by atoms with Gasteiger partial charge in [0.25, 0.3) is 17.1 Å². The highest BCUT2D eigenvalue weighted by atomic mass is 16.6. The third kappa shape index (κ3) is 3.13. The van der Waals surface area contributed by atoms with Gasteiger partial charge in [-0.2, -0.15) is 5.26 Å². The molecule has 0 radical (unpaired) electrons. The fraction of sp³-hybridized carbons (Fsp3) is 0. The van der Waals surface area contributed by atoms with Gasteiger partial charge < -0.3 is 5.32 Å². The number of nitriles is 1. The largest absolute Gasteiger partial charge is 0.348 e. The molecular weight excluding hydrogens is 370 g/mol. The van der Waals surface area contributed by atoms with Crippen LogP contribution in [0.1, 0.15) is 5.56 Å². The Labute approximate surface area is 155 Å². The summed E-state index contributed by atoms with van der Waals surface area (Å²) < 4.78 is 0.